The molecule has 0 unspecified atom stereocenters. The lowest BCUT2D eigenvalue weighted by Gasteiger charge is -2.14. The van der Waals surface area contributed by atoms with Crippen LogP contribution in [0.3, 0.4) is 0 Å². The van der Waals surface area contributed by atoms with Crippen molar-refractivity contribution in [1.82, 2.24) is 9.55 Å². The lowest BCUT2D eigenvalue weighted by Crippen LogP contribution is -2.22. The third kappa shape index (κ3) is 4.52. The van der Waals surface area contributed by atoms with Crippen LogP contribution < -0.4 is 15.0 Å². The van der Waals surface area contributed by atoms with Crippen molar-refractivity contribution < 1.29 is 9.47 Å². The molecule has 0 bridgehead atoms. The fourth-order valence-corrected chi connectivity index (χ4v) is 4.24. The first-order valence-corrected chi connectivity index (χ1v) is 11.1. The molecule has 0 saturated heterocycles. The van der Waals surface area contributed by atoms with Crippen molar-refractivity contribution >= 4 is 38.6 Å². The van der Waals surface area contributed by atoms with E-state index >= 15 is 0 Å². The van der Waals surface area contributed by atoms with Gasteiger partial charge in [0.15, 0.2) is 5.16 Å². The summed E-state index contributed by atoms with van der Waals surface area (Å²) in [4.78, 5) is 18.0. The Hall–Kier alpha value is -2.77. The number of thioether (sulfide) groups is 1. The summed E-state index contributed by atoms with van der Waals surface area (Å²) in [6.07, 6.45) is 0. The number of para-hydroxylation sites is 1. The van der Waals surface area contributed by atoms with Crippen molar-refractivity contribution in [3.8, 4) is 17.2 Å². The first-order chi connectivity index (χ1) is 14.7. The van der Waals surface area contributed by atoms with Crippen molar-refractivity contribution in [2.45, 2.75) is 5.16 Å². The minimum Gasteiger partial charge on any atom is -0.497 e. The second-order valence-electron chi connectivity index (χ2n) is 6.41. The summed E-state index contributed by atoms with van der Waals surface area (Å²) >= 11 is 4.92. The average molecular weight is 483 g/mol. The van der Waals surface area contributed by atoms with Crippen molar-refractivity contribution in [2.24, 2.45) is 0 Å². The minimum atomic E-state index is -0.107. The van der Waals surface area contributed by atoms with Gasteiger partial charge in [-0.25, -0.2) is 4.98 Å². The van der Waals surface area contributed by atoms with Crippen molar-refractivity contribution in [1.29, 1.82) is 0 Å². The number of nitrogens with zero attached hydrogens (tertiary/aromatic N) is 2. The van der Waals surface area contributed by atoms with Gasteiger partial charge in [0.25, 0.3) is 5.56 Å². The van der Waals surface area contributed by atoms with E-state index in [9.17, 15) is 4.79 Å². The molecule has 1 heterocycles. The van der Waals surface area contributed by atoms with E-state index in [0.29, 0.717) is 39.9 Å². The van der Waals surface area contributed by atoms with Crippen LogP contribution in [-0.2, 0) is 0 Å². The van der Waals surface area contributed by atoms with Crippen LogP contribution in [0.5, 0.6) is 11.5 Å². The number of hydrogen-bond donors (Lipinski definition) is 0. The van der Waals surface area contributed by atoms with Gasteiger partial charge in [0, 0.05) is 16.3 Å². The first kappa shape index (κ1) is 20.5. The predicted molar refractivity (Wildman–Crippen MR) is 124 cm³/mol. The van der Waals surface area contributed by atoms with Crippen LogP contribution in [0, 0.1) is 0 Å². The average Bonchev–Trinajstić information content (AvgIpc) is 2.77. The third-order valence-electron chi connectivity index (χ3n) is 4.44. The van der Waals surface area contributed by atoms with E-state index in [1.807, 2.05) is 66.7 Å². The quantitative estimate of drug-likeness (QED) is 0.202. The van der Waals surface area contributed by atoms with Crippen LogP contribution in [0.15, 0.2) is 87.2 Å². The molecule has 0 fully saturated rings. The van der Waals surface area contributed by atoms with Crippen LogP contribution in [0.1, 0.15) is 0 Å². The summed E-state index contributed by atoms with van der Waals surface area (Å²) in [5, 5.41) is 1.19. The Morgan fingerprint density at radius 3 is 2.63 bits per heavy atom. The molecule has 4 aromatic rings. The van der Waals surface area contributed by atoms with Crippen LogP contribution >= 0.6 is 27.7 Å². The van der Waals surface area contributed by atoms with Gasteiger partial charge in [0.1, 0.15) is 11.5 Å². The van der Waals surface area contributed by atoms with E-state index in [2.05, 4.69) is 15.9 Å². The highest BCUT2D eigenvalue weighted by Crippen LogP contribution is 2.24. The smallest absolute Gasteiger partial charge is 0.266 e. The number of benzene rings is 3. The molecule has 0 aliphatic heterocycles. The zero-order chi connectivity index (χ0) is 20.9. The fourth-order valence-electron chi connectivity index (χ4n) is 3.04. The molecule has 0 radical (unpaired) electrons. The number of methoxy groups -OCH3 is 1. The Morgan fingerprint density at radius 2 is 1.80 bits per heavy atom. The minimum absolute atomic E-state index is 0.107. The predicted octanol–water partition coefficient (Wildman–Crippen LogP) is 5.33. The number of aromatic nitrogens is 2. The molecule has 7 heteroatoms. The van der Waals surface area contributed by atoms with Crippen LogP contribution in [0.2, 0.25) is 0 Å². The van der Waals surface area contributed by atoms with Gasteiger partial charge in [-0.15, -0.1) is 0 Å². The molecular formula is C23H19BrN2O3S. The summed E-state index contributed by atoms with van der Waals surface area (Å²) in [6, 6.07) is 22.5. The summed E-state index contributed by atoms with van der Waals surface area (Å²) < 4.78 is 13.8. The molecule has 0 N–H and O–H groups in total. The van der Waals surface area contributed by atoms with Gasteiger partial charge >= 0.3 is 0 Å². The summed E-state index contributed by atoms with van der Waals surface area (Å²) in [5.74, 6) is 2.12. The zero-order valence-corrected chi connectivity index (χ0v) is 18.7. The topological polar surface area (TPSA) is 53.4 Å². The number of ether oxygens (including phenoxy) is 2. The highest BCUT2D eigenvalue weighted by molar-refractivity contribution is 9.10. The molecule has 0 aliphatic rings. The maximum Gasteiger partial charge on any atom is 0.266 e. The van der Waals surface area contributed by atoms with Crippen molar-refractivity contribution in [3.05, 3.63) is 87.6 Å². The lowest BCUT2D eigenvalue weighted by molar-refractivity contribution is 0.343. The maximum absolute atomic E-state index is 13.3. The van der Waals surface area contributed by atoms with E-state index in [1.165, 1.54) is 11.8 Å². The molecule has 0 aliphatic carbocycles. The summed E-state index contributed by atoms with van der Waals surface area (Å²) in [7, 11) is 1.61. The van der Waals surface area contributed by atoms with Gasteiger partial charge in [-0.1, -0.05) is 52.0 Å². The molecule has 5 nitrogen and oxygen atoms in total. The van der Waals surface area contributed by atoms with E-state index in [0.717, 1.165) is 10.2 Å². The number of rotatable bonds is 7. The highest BCUT2D eigenvalue weighted by Gasteiger charge is 2.14. The van der Waals surface area contributed by atoms with E-state index < -0.39 is 0 Å². The van der Waals surface area contributed by atoms with Gasteiger partial charge in [-0.2, -0.15) is 0 Å². The zero-order valence-electron chi connectivity index (χ0n) is 16.2. The first-order valence-electron chi connectivity index (χ1n) is 9.33. The van der Waals surface area contributed by atoms with Crippen LogP contribution in [0.25, 0.3) is 16.6 Å². The highest BCUT2D eigenvalue weighted by atomic mass is 79.9. The van der Waals surface area contributed by atoms with Gasteiger partial charge in [-0.05, 0) is 42.5 Å². The maximum atomic E-state index is 13.3. The number of fused-ring (bicyclic) bond motifs is 1. The normalized spacial score (nSPS) is 10.9. The van der Waals surface area contributed by atoms with Crippen molar-refractivity contribution in [3.63, 3.8) is 0 Å². The second-order valence-corrected chi connectivity index (χ2v) is 8.39. The van der Waals surface area contributed by atoms with Gasteiger partial charge < -0.3 is 9.47 Å². The Morgan fingerprint density at radius 1 is 1.00 bits per heavy atom. The Bertz CT molecular complexity index is 1240. The van der Waals surface area contributed by atoms with E-state index in [1.54, 1.807) is 17.7 Å². The Labute approximate surface area is 186 Å². The number of halogens is 1. The van der Waals surface area contributed by atoms with Crippen LogP contribution in [-0.4, -0.2) is 29.0 Å². The van der Waals surface area contributed by atoms with E-state index in [-0.39, 0.29) is 5.56 Å². The third-order valence-corrected chi connectivity index (χ3v) is 5.83. The van der Waals surface area contributed by atoms with Crippen molar-refractivity contribution in [2.75, 3.05) is 19.5 Å². The molecule has 0 amide bonds. The summed E-state index contributed by atoms with van der Waals surface area (Å²) in [6.45, 7) is 0.488. The lowest BCUT2D eigenvalue weighted by atomic mass is 10.2. The molecule has 0 saturated carbocycles. The monoisotopic (exact) mass is 482 g/mol. The second kappa shape index (κ2) is 9.36. The summed E-state index contributed by atoms with van der Waals surface area (Å²) in [5.41, 5.74) is 1.29. The molecule has 152 valence electrons. The molecule has 0 atom stereocenters. The van der Waals surface area contributed by atoms with Gasteiger partial charge in [0.2, 0.25) is 0 Å². The molecule has 0 spiro atoms. The molecule has 4 rings (SSSR count). The molecule has 3 aromatic carbocycles. The van der Waals surface area contributed by atoms with Gasteiger partial charge in [0.05, 0.1) is 30.3 Å². The Balaban J connectivity index is 1.64. The molecular weight excluding hydrogens is 464 g/mol. The van der Waals surface area contributed by atoms with Crippen LogP contribution in [0.4, 0.5) is 0 Å². The fraction of sp³-hybridized carbons (Fsp3) is 0.130. The van der Waals surface area contributed by atoms with E-state index in [4.69, 9.17) is 14.5 Å². The SMILES string of the molecule is COc1cccc(-n2c(SCCOc3cccc(Br)c3)nc3ccccc3c2=O)c1. The number of hydrogen-bond acceptors (Lipinski definition) is 5. The Kier molecular flexibility index (Phi) is 6.40. The standard InChI is InChI=1S/C23H19BrN2O3S/c1-28-18-8-5-7-17(15-18)26-22(27)20-10-2-3-11-21(20)25-23(26)30-13-12-29-19-9-4-6-16(24)14-19/h2-11,14-15H,12-13H2,1H3. The molecule has 30 heavy (non-hydrogen) atoms. The largest absolute Gasteiger partial charge is 0.497 e. The van der Waals surface area contributed by atoms with Gasteiger partial charge in [-0.3, -0.25) is 9.36 Å². The molecule has 1 aromatic heterocycles.